The monoisotopic (exact) mass is 324 g/mol. The van der Waals surface area contributed by atoms with Crippen LogP contribution in [0.1, 0.15) is 24.8 Å². The number of fused-ring (bicyclic) bond motifs is 1. The number of hydrogen-bond donors (Lipinski definition) is 1. The molecule has 5 heteroatoms. The summed E-state index contributed by atoms with van der Waals surface area (Å²) < 4.78 is 5.85. The van der Waals surface area contributed by atoms with Gasteiger partial charge < -0.3 is 10.1 Å². The Kier molecular flexibility index (Phi) is 3.58. The summed E-state index contributed by atoms with van der Waals surface area (Å²) in [6.45, 7) is 0.450. The summed E-state index contributed by atoms with van der Waals surface area (Å²) in [5.41, 5.74) is 0.905. The van der Waals surface area contributed by atoms with E-state index in [0.29, 0.717) is 12.4 Å². The van der Waals surface area contributed by atoms with Crippen LogP contribution in [-0.4, -0.2) is 18.0 Å². The summed E-state index contributed by atoms with van der Waals surface area (Å²) in [6, 6.07) is 3.77. The molecule has 0 bridgehead atoms. The van der Waals surface area contributed by atoms with E-state index in [4.69, 9.17) is 4.74 Å². The van der Waals surface area contributed by atoms with E-state index in [9.17, 15) is 4.79 Å². The van der Waals surface area contributed by atoms with Crippen molar-refractivity contribution < 1.29 is 9.53 Å². The molecule has 4 nitrogen and oxygen atoms in total. The SMILES string of the molecule is COCc1ccc(Br)nc1NC(=O)C1CC2CC2C1. The van der Waals surface area contributed by atoms with Crippen molar-refractivity contribution in [3.05, 3.63) is 22.3 Å². The second-order valence-electron chi connectivity index (χ2n) is 5.49. The zero-order valence-electron chi connectivity index (χ0n) is 10.9. The number of ether oxygens (including phenoxy) is 1. The molecule has 0 aromatic carbocycles. The molecule has 0 aliphatic heterocycles. The fourth-order valence-corrected chi connectivity index (χ4v) is 3.30. The van der Waals surface area contributed by atoms with Crippen molar-refractivity contribution >= 4 is 27.7 Å². The number of methoxy groups -OCH3 is 1. The average molecular weight is 325 g/mol. The third kappa shape index (κ3) is 2.82. The largest absolute Gasteiger partial charge is 0.380 e. The smallest absolute Gasteiger partial charge is 0.228 e. The highest BCUT2D eigenvalue weighted by molar-refractivity contribution is 9.10. The number of hydrogen-bond acceptors (Lipinski definition) is 3. The van der Waals surface area contributed by atoms with Crippen molar-refractivity contribution in [2.24, 2.45) is 17.8 Å². The van der Waals surface area contributed by atoms with Crippen molar-refractivity contribution in [3.63, 3.8) is 0 Å². The summed E-state index contributed by atoms with van der Waals surface area (Å²) in [7, 11) is 1.64. The normalized spacial score (nSPS) is 28.0. The maximum absolute atomic E-state index is 12.2. The van der Waals surface area contributed by atoms with E-state index in [1.807, 2.05) is 12.1 Å². The first-order valence-corrected chi connectivity index (χ1v) is 7.42. The predicted molar refractivity (Wildman–Crippen MR) is 75.6 cm³/mol. The van der Waals surface area contributed by atoms with Crippen LogP contribution in [0.25, 0.3) is 0 Å². The van der Waals surface area contributed by atoms with E-state index in [1.165, 1.54) is 6.42 Å². The average Bonchev–Trinajstić information content (AvgIpc) is 2.99. The quantitative estimate of drug-likeness (QED) is 0.866. The summed E-state index contributed by atoms with van der Waals surface area (Å²) >= 11 is 3.33. The number of nitrogens with zero attached hydrogens (tertiary/aromatic N) is 1. The molecular weight excluding hydrogens is 308 g/mol. The number of rotatable bonds is 4. The van der Waals surface area contributed by atoms with Crippen molar-refractivity contribution in [3.8, 4) is 0 Å². The highest BCUT2D eigenvalue weighted by atomic mass is 79.9. The minimum Gasteiger partial charge on any atom is -0.380 e. The molecule has 1 aromatic rings. The van der Waals surface area contributed by atoms with Gasteiger partial charge in [0.05, 0.1) is 6.61 Å². The predicted octanol–water partition coefficient (Wildman–Crippen LogP) is 2.98. The van der Waals surface area contributed by atoms with E-state index in [1.54, 1.807) is 7.11 Å². The molecular formula is C14H17BrN2O2. The Morgan fingerprint density at radius 1 is 1.42 bits per heavy atom. The molecule has 1 amide bonds. The molecule has 2 aliphatic rings. The van der Waals surface area contributed by atoms with Crippen molar-refractivity contribution in [1.82, 2.24) is 4.98 Å². The maximum atomic E-state index is 12.2. The molecule has 0 spiro atoms. The standard InChI is InChI=1S/C14H17BrN2O2/c1-19-7-8-2-3-12(15)16-13(8)17-14(18)11-5-9-4-10(9)6-11/h2-3,9-11H,4-7H2,1H3,(H,16,17,18). The minimum absolute atomic E-state index is 0.107. The van der Waals surface area contributed by atoms with Crippen LogP contribution >= 0.6 is 15.9 Å². The topological polar surface area (TPSA) is 51.2 Å². The summed E-state index contributed by atoms with van der Waals surface area (Å²) in [5, 5.41) is 2.96. The molecule has 2 fully saturated rings. The third-order valence-corrected chi connectivity index (χ3v) is 4.54. The van der Waals surface area contributed by atoms with Crippen LogP contribution < -0.4 is 5.32 Å². The van der Waals surface area contributed by atoms with Crippen LogP contribution in [0.15, 0.2) is 16.7 Å². The molecule has 19 heavy (non-hydrogen) atoms. The Morgan fingerprint density at radius 2 is 2.16 bits per heavy atom. The van der Waals surface area contributed by atoms with Gasteiger partial charge in [-0.05, 0) is 53.1 Å². The maximum Gasteiger partial charge on any atom is 0.228 e. The molecule has 1 N–H and O–H groups in total. The van der Waals surface area contributed by atoms with Gasteiger partial charge in [0.2, 0.25) is 5.91 Å². The van der Waals surface area contributed by atoms with E-state index in [0.717, 1.165) is 34.8 Å². The molecule has 3 rings (SSSR count). The number of halogens is 1. The summed E-state index contributed by atoms with van der Waals surface area (Å²) in [4.78, 5) is 16.6. The molecule has 0 radical (unpaired) electrons. The number of anilines is 1. The molecule has 2 unspecified atom stereocenters. The Balaban J connectivity index is 1.70. The van der Waals surface area contributed by atoms with Crippen LogP contribution in [0.5, 0.6) is 0 Å². The molecule has 2 aliphatic carbocycles. The molecule has 1 heterocycles. The molecule has 102 valence electrons. The number of carbonyl (C=O) groups excluding carboxylic acids is 1. The van der Waals surface area contributed by atoms with Crippen LogP contribution in [0.2, 0.25) is 0 Å². The first kappa shape index (κ1) is 13.1. The van der Waals surface area contributed by atoms with Gasteiger partial charge in [0.1, 0.15) is 10.4 Å². The van der Waals surface area contributed by atoms with Gasteiger partial charge in [-0.15, -0.1) is 0 Å². The molecule has 2 saturated carbocycles. The number of aromatic nitrogens is 1. The number of amides is 1. The first-order chi connectivity index (χ1) is 9.17. The van der Waals surface area contributed by atoms with Gasteiger partial charge in [-0.25, -0.2) is 4.98 Å². The molecule has 0 saturated heterocycles. The second kappa shape index (κ2) is 5.21. The van der Waals surface area contributed by atoms with Gasteiger partial charge in [-0.3, -0.25) is 4.79 Å². The Bertz CT molecular complexity index is 496. The zero-order valence-corrected chi connectivity index (χ0v) is 12.4. The van der Waals surface area contributed by atoms with E-state index < -0.39 is 0 Å². The van der Waals surface area contributed by atoms with Crippen molar-refractivity contribution in [2.45, 2.75) is 25.9 Å². The number of nitrogens with one attached hydrogen (secondary N) is 1. The van der Waals surface area contributed by atoms with Crippen molar-refractivity contribution in [1.29, 1.82) is 0 Å². The first-order valence-electron chi connectivity index (χ1n) is 6.62. The fraction of sp³-hybridized carbons (Fsp3) is 0.571. The van der Waals surface area contributed by atoms with E-state index in [-0.39, 0.29) is 11.8 Å². The highest BCUT2D eigenvalue weighted by Crippen LogP contribution is 2.54. The van der Waals surface area contributed by atoms with Gasteiger partial charge in [-0.2, -0.15) is 0 Å². The van der Waals surface area contributed by atoms with Crippen LogP contribution in [0.4, 0.5) is 5.82 Å². The highest BCUT2D eigenvalue weighted by Gasteiger charge is 2.48. The lowest BCUT2D eigenvalue weighted by Crippen LogP contribution is -2.23. The number of pyridine rings is 1. The van der Waals surface area contributed by atoms with Crippen LogP contribution in [0, 0.1) is 17.8 Å². The number of carbonyl (C=O) groups is 1. The summed E-state index contributed by atoms with van der Waals surface area (Å²) in [6.07, 6.45) is 3.42. The van der Waals surface area contributed by atoms with Crippen LogP contribution in [0.3, 0.4) is 0 Å². The van der Waals surface area contributed by atoms with Gasteiger partial charge in [-0.1, -0.05) is 6.07 Å². The second-order valence-corrected chi connectivity index (χ2v) is 6.30. The Morgan fingerprint density at radius 3 is 2.84 bits per heavy atom. The lowest BCUT2D eigenvalue weighted by Gasteiger charge is -2.14. The Labute approximate surface area is 121 Å². The van der Waals surface area contributed by atoms with Gasteiger partial charge in [0.15, 0.2) is 0 Å². The lowest BCUT2D eigenvalue weighted by molar-refractivity contribution is -0.120. The van der Waals surface area contributed by atoms with Gasteiger partial charge in [0.25, 0.3) is 0 Å². The van der Waals surface area contributed by atoms with Gasteiger partial charge in [0, 0.05) is 18.6 Å². The third-order valence-electron chi connectivity index (χ3n) is 4.10. The molecule has 2 atom stereocenters. The van der Waals surface area contributed by atoms with Crippen molar-refractivity contribution in [2.75, 3.05) is 12.4 Å². The zero-order chi connectivity index (χ0) is 13.4. The minimum atomic E-state index is 0.107. The Hall–Kier alpha value is -0.940. The fourth-order valence-electron chi connectivity index (χ4n) is 2.99. The van der Waals surface area contributed by atoms with Crippen LogP contribution in [-0.2, 0) is 16.1 Å². The van der Waals surface area contributed by atoms with E-state index in [2.05, 4.69) is 26.2 Å². The van der Waals surface area contributed by atoms with E-state index >= 15 is 0 Å². The lowest BCUT2D eigenvalue weighted by atomic mass is 10.0. The molecule has 1 aromatic heterocycles. The van der Waals surface area contributed by atoms with Gasteiger partial charge >= 0.3 is 0 Å². The summed E-state index contributed by atoms with van der Waals surface area (Å²) in [5.74, 6) is 2.51.